The maximum atomic E-state index is 12.4. The Morgan fingerprint density at radius 2 is 1.56 bits per heavy atom. The maximum absolute atomic E-state index is 12.4. The van der Waals surface area contributed by atoms with Crippen LogP contribution in [0.2, 0.25) is 0 Å². The number of rotatable bonds is 7. The average Bonchev–Trinajstić information content (AvgIpc) is 2.72. The molecule has 0 radical (unpaired) electrons. The fourth-order valence-corrected chi connectivity index (χ4v) is 3.06. The monoisotopic (exact) mass is 367 g/mol. The zero-order valence-electron chi connectivity index (χ0n) is 15.4. The van der Waals surface area contributed by atoms with E-state index in [9.17, 15) is 9.59 Å². The lowest BCUT2D eigenvalue weighted by molar-refractivity contribution is -0.139. The average molecular weight is 367 g/mol. The van der Waals surface area contributed by atoms with Crippen LogP contribution in [0.5, 0.6) is 5.75 Å². The number of carbonyl (C=O) groups excluding carboxylic acids is 2. The van der Waals surface area contributed by atoms with E-state index in [2.05, 4.69) is 4.98 Å². The molecule has 6 nitrogen and oxygen atoms in total. The van der Waals surface area contributed by atoms with Crippen molar-refractivity contribution in [1.82, 2.24) is 14.8 Å². The highest BCUT2D eigenvalue weighted by Gasteiger charge is 2.24. The van der Waals surface area contributed by atoms with E-state index in [1.807, 2.05) is 58.3 Å². The molecule has 1 aromatic carbocycles. The van der Waals surface area contributed by atoms with Crippen molar-refractivity contribution >= 4 is 11.8 Å². The van der Waals surface area contributed by atoms with Gasteiger partial charge in [0.05, 0.1) is 13.0 Å². The van der Waals surface area contributed by atoms with Gasteiger partial charge >= 0.3 is 0 Å². The number of ether oxygens (including phenoxy) is 1. The summed E-state index contributed by atoms with van der Waals surface area (Å²) in [6, 6.07) is 15.2. The third-order valence-electron chi connectivity index (χ3n) is 4.59. The molecule has 0 bridgehead atoms. The molecule has 0 saturated carbocycles. The Bertz CT molecular complexity index is 729. The van der Waals surface area contributed by atoms with Crippen molar-refractivity contribution < 1.29 is 14.3 Å². The molecule has 2 heterocycles. The summed E-state index contributed by atoms with van der Waals surface area (Å²) in [6.45, 7) is 2.87. The number of hydrogen-bond acceptors (Lipinski definition) is 4. The molecule has 0 unspecified atom stereocenters. The second-order valence-electron chi connectivity index (χ2n) is 6.52. The van der Waals surface area contributed by atoms with Crippen LogP contribution in [-0.4, -0.2) is 59.4 Å². The number of aromatic nitrogens is 1. The minimum Gasteiger partial charge on any atom is -0.494 e. The van der Waals surface area contributed by atoms with Crippen LogP contribution in [-0.2, 0) is 16.0 Å². The smallest absolute Gasteiger partial charge is 0.228 e. The number of nitrogens with zero attached hydrogens (tertiary/aromatic N) is 3. The van der Waals surface area contributed by atoms with Crippen molar-refractivity contribution in [2.45, 2.75) is 19.3 Å². The predicted octanol–water partition coefficient (Wildman–Crippen LogP) is 2.15. The molecule has 1 aliphatic rings. The number of pyridine rings is 1. The highest BCUT2D eigenvalue weighted by molar-refractivity contribution is 5.79. The second-order valence-corrected chi connectivity index (χ2v) is 6.52. The van der Waals surface area contributed by atoms with Crippen LogP contribution in [0.1, 0.15) is 18.5 Å². The van der Waals surface area contributed by atoms with Crippen LogP contribution in [0, 0.1) is 0 Å². The summed E-state index contributed by atoms with van der Waals surface area (Å²) in [4.78, 5) is 32.5. The lowest BCUT2D eigenvalue weighted by Crippen LogP contribution is -2.51. The summed E-state index contributed by atoms with van der Waals surface area (Å²) in [5.41, 5.74) is 0.777. The Hall–Kier alpha value is -2.89. The first-order valence-corrected chi connectivity index (χ1v) is 9.35. The van der Waals surface area contributed by atoms with Gasteiger partial charge in [0.25, 0.3) is 0 Å². The van der Waals surface area contributed by atoms with Gasteiger partial charge in [-0.05, 0) is 30.7 Å². The van der Waals surface area contributed by atoms with Crippen molar-refractivity contribution in [2.75, 3.05) is 32.8 Å². The van der Waals surface area contributed by atoms with Crippen molar-refractivity contribution in [3.05, 3.63) is 60.4 Å². The van der Waals surface area contributed by atoms with E-state index >= 15 is 0 Å². The lowest BCUT2D eigenvalue weighted by atomic mass is 10.2. The molecule has 142 valence electrons. The van der Waals surface area contributed by atoms with Gasteiger partial charge < -0.3 is 14.5 Å². The van der Waals surface area contributed by atoms with Gasteiger partial charge in [-0.2, -0.15) is 0 Å². The highest BCUT2D eigenvalue weighted by atomic mass is 16.5. The molecule has 6 heteroatoms. The summed E-state index contributed by atoms with van der Waals surface area (Å²) in [7, 11) is 0. The van der Waals surface area contributed by atoms with E-state index in [4.69, 9.17) is 4.74 Å². The van der Waals surface area contributed by atoms with Crippen LogP contribution in [0.15, 0.2) is 54.7 Å². The van der Waals surface area contributed by atoms with Gasteiger partial charge in [-0.25, -0.2) is 0 Å². The molecule has 2 amide bonds. The van der Waals surface area contributed by atoms with Crippen molar-refractivity contribution in [3.8, 4) is 5.75 Å². The van der Waals surface area contributed by atoms with E-state index < -0.39 is 0 Å². The standard InChI is InChI=1S/C21H25N3O3/c25-20(10-6-16-27-19-8-2-1-3-9-19)23-12-14-24(15-13-23)21(26)17-18-7-4-5-11-22-18/h1-5,7-9,11H,6,10,12-17H2. The first-order chi connectivity index (χ1) is 13.2. The maximum Gasteiger partial charge on any atom is 0.228 e. The van der Waals surface area contributed by atoms with Gasteiger partial charge in [0.15, 0.2) is 0 Å². The number of piperazine rings is 1. The second kappa shape index (κ2) is 9.71. The zero-order chi connectivity index (χ0) is 18.9. The third kappa shape index (κ3) is 5.81. The van der Waals surface area contributed by atoms with Crippen LogP contribution < -0.4 is 4.74 Å². The first-order valence-electron chi connectivity index (χ1n) is 9.35. The summed E-state index contributed by atoms with van der Waals surface area (Å²) < 4.78 is 5.62. The quantitative estimate of drug-likeness (QED) is 0.704. The van der Waals surface area contributed by atoms with Crippen LogP contribution >= 0.6 is 0 Å². The molecule has 1 aliphatic heterocycles. The molecule has 3 rings (SSSR count). The van der Waals surface area contributed by atoms with Gasteiger partial charge in [-0.15, -0.1) is 0 Å². The first kappa shape index (κ1) is 18.9. The van der Waals surface area contributed by atoms with Gasteiger partial charge in [0.2, 0.25) is 11.8 Å². The molecule has 0 N–H and O–H groups in total. The number of hydrogen-bond donors (Lipinski definition) is 0. The molecule has 1 aromatic heterocycles. The van der Waals surface area contributed by atoms with Gasteiger partial charge in [-0.3, -0.25) is 14.6 Å². The SMILES string of the molecule is O=C(CCCOc1ccccc1)N1CCN(C(=O)Cc2ccccn2)CC1. The van der Waals surface area contributed by atoms with Crippen LogP contribution in [0.3, 0.4) is 0 Å². The molecule has 2 aromatic rings. The van der Waals surface area contributed by atoms with E-state index in [0.29, 0.717) is 52.0 Å². The van der Waals surface area contributed by atoms with E-state index in [0.717, 1.165) is 11.4 Å². The third-order valence-corrected chi connectivity index (χ3v) is 4.59. The molecular formula is C21H25N3O3. The van der Waals surface area contributed by atoms with Gasteiger partial charge in [-0.1, -0.05) is 24.3 Å². The summed E-state index contributed by atoms with van der Waals surface area (Å²) in [5.74, 6) is 1.02. The Kier molecular flexibility index (Phi) is 6.79. The number of benzene rings is 1. The molecule has 1 fully saturated rings. The van der Waals surface area contributed by atoms with Crippen molar-refractivity contribution in [1.29, 1.82) is 0 Å². The fraction of sp³-hybridized carbons (Fsp3) is 0.381. The van der Waals surface area contributed by atoms with Crippen molar-refractivity contribution in [3.63, 3.8) is 0 Å². The van der Waals surface area contributed by atoms with Crippen LogP contribution in [0.4, 0.5) is 0 Å². The molecule has 0 aliphatic carbocycles. The molecule has 0 spiro atoms. The largest absolute Gasteiger partial charge is 0.494 e. The molecule has 0 atom stereocenters. The topological polar surface area (TPSA) is 62.7 Å². The Balaban J connectivity index is 1.34. The summed E-state index contributed by atoms with van der Waals surface area (Å²) >= 11 is 0. The van der Waals surface area contributed by atoms with E-state index in [1.54, 1.807) is 6.20 Å². The summed E-state index contributed by atoms with van der Waals surface area (Å²) in [5, 5.41) is 0. The molecule has 1 saturated heterocycles. The summed E-state index contributed by atoms with van der Waals surface area (Å²) in [6.07, 6.45) is 3.16. The van der Waals surface area contributed by atoms with Gasteiger partial charge in [0, 0.05) is 44.5 Å². The van der Waals surface area contributed by atoms with Crippen LogP contribution in [0.25, 0.3) is 0 Å². The predicted molar refractivity (Wildman–Crippen MR) is 102 cm³/mol. The van der Waals surface area contributed by atoms with Crippen molar-refractivity contribution in [2.24, 2.45) is 0 Å². The van der Waals surface area contributed by atoms with E-state index in [-0.39, 0.29) is 11.8 Å². The highest BCUT2D eigenvalue weighted by Crippen LogP contribution is 2.10. The number of carbonyl (C=O) groups is 2. The number of para-hydroxylation sites is 1. The molecular weight excluding hydrogens is 342 g/mol. The zero-order valence-corrected chi connectivity index (χ0v) is 15.4. The Morgan fingerprint density at radius 1 is 0.889 bits per heavy atom. The minimum atomic E-state index is 0.0667. The Labute approximate surface area is 159 Å². The Morgan fingerprint density at radius 3 is 2.22 bits per heavy atom. The lowest BCUT2D eigenvalue weighted by Gasteiger charge is -2.35. The fourth-order valence-electron chi connectivity index (χ4n) is 3.06. The molecule has 27 heavy (non-hydrogen) atoms. The van der Waals surface area contributed by atoms with Gasteiger partial charge in [0.1, 0.15) is 5.75 Å². The number of amides is 2. The normalized spacial score (nSPS) is 14.1. The minimum absolute atomic E-state index is 0.0667. The van der Waals surface area contributed by atoms with E-state index in [1.165, 1.54) is 0 Å².